The number of anilines is 1. The van der Waals surface area contributed by atoms with Gasteiger partial charge in [-0.15, -0.1) is 0 Å². The van der Waals surface area contributed by atoms with E-state index in [0.29, 0.717) is 10.7 Å². The van der Waals surface area contributed by atoms with Crippen molar-refractivity contribution in [3.8, 4) is 0 Å². The number of aromatic amines is 1. The quantitative estimate of drug-likeness (QED) is 0.798. The number of nitrogens with zero attached hydrogens (tertiary/aromatic N) is 1. The average molecular weight is 265 g/mol. The van der Waals surface area contributed by atoms with Crippen LogP contribution in [0.2, 0.25) is 5.02 Å². The zero-order valence-electron chi connectivity index (χ0n) is 9.77. The van der Waals surface area contributed by atoms with Gasteiger partial charge < -0.3 is 10.6 Å². The van der Waals surface area contributed by atoms with E-state index >= 15 is 0 Å². The summed E-state index contributed by atoms with van der Waals surface area (Å²) in [6.07, 6.45) is 3.40. The van der Waals surface area contributed by atoms with Crippen molar-refractivity contribution in [3.05, 3.63) is 47.2 Å². The minimum absolute atomic E-state index is 0.133. The average Bonchev–Trinajstić information content (AvgIpc) is 2.85. The van der Waals surface area contributed by atoms with E-state index in [1.807, 2.05) is 6.92 Å². The van der Waals surface area contributed by atoms with Crippen molar-refractivity contribution in [2.24, 2.45) is 0 Å². The van der Waals surface area contributed by atoms with Gasteiger partial charge in [0.2, 0.25) is 0 Å². The molecule has 0 aliphatic rings. The highest BCUT2D eigenvalue weighted by Crippen LogP contribution is 2.20. The number of halogens is 1. The predicted molar refractivity (Wildman–Crippen MR) is 70.6 cm³/mol. The number of benzene rings is 1. The summed E-state index contributed by atoms with van der Waals surface area (Å²) in [5.74, 6) is 0. The normalized spacial score (nSPS) is 11.9. The molecule has 0 spiro atoms. The number of carbonyl (C=O) groups is 1. The first-order valence-corrected chi connectivity index (χ1v) is 5.85. The minimum Gasteiger partial charge on any atom is -0.331 e. The number of amides is 2. The first kappa shape index (κ1) is 12.4. The highest BCUT2D eigenvalue weighted by atomic mass is 35.5. The molecule has 1 aromatic carbocycles. The molecule has 0 saturated heterocycles. The molecule has 2 rings (SSSR count). The first-order chi connectivity index (χ1) is 8.66. The van der Waals surface area contributed by atoms with E-state index in [-0.39, 0.29) is 12.1 Å². The topological polar surface area (TPSA) is 69.8 Å². The molecule has 5 nitrogen and oxygen atoms in total. The number of carbonyl (C=O) groups excluding carboxylic acids is 1. The molecule has 2 aromatic rings. The maximum absolute atomic E-state index is 11.8. The molecule has 3 N–H and O–H groups in total. The van der Waals surface area contributed by atoms with Crippen LogP contribution in [0.3, 0.4) is 0 Å². The lowest BCUT2D eigenvalue weighted by atomic mass is 10.2. The van der Waals surface area contributed by atoms with Gasteiger partial charge in [-0.1, -0.05) is 23.7 Å². The van der Waals surface area contributed by atoms with Crippen molar-refractivity contribution in [1.82, 2.24) is 15.5 Å². The number of nitrogens with one attached hydrogen (secondary N) is 3. The second-order valence-electron chi connectivity index (χ2n) is 3.83. The number of H-pyrrole nitrogens is 1. The molecule has 0 aliphatic heterocycles. The Kier molecular flexibility index (Phi) is 3.84. The highest BCUT2D eigenvalue weighted by molar-refractivity contribution is 6.33. The summed E-state index contributed by atoms with van der Waals surface area (Å²) >= 11 is 5.95. The Morgan fingerprint density at radius 1 is 1.44 bits per heavy atom. The van der Waals surface area contributed by atoms with Gasteiger partial charge in [0.15, 0.2) is 0 Å². The van der Waals surface area contributed by atoms with E-state index in [0.717, 1.165) is 5.56 Å². The molecule has 6 heteroatoms. The van der Waals surface area contributed by atoms with Crippen LogP contribution in [0.25, 0.3) is 0 Å². The van der Waals surface area contributed by atoms with E-state index < -0.39 is 0 Å². The van der Waals surface area contributed by atoms with Gasteiger partial charge in [0.25, 0.3) is 0 Å². The molecule has 0 bridgehead atoms. The van der Waals surface area contributed by atoms with Gasteiger partial charge >= 0.3 is 6.03 Å². The third-order valence-electron chi connectivity index (χ3n) is 2.49. The van der Waals surface area contributed by atoms with E-state index in [9.17, 15) is 4.79 Å². The highest BCUT2D eigenvalue weighted by Gasteiger charge is 2.11. The Labute approximate surface area is 110 Å². The maximum Gasteiger partial charge on any atom is 0.319 e. The summed E-state index contributed by atoms with van der Waals surface area (Å²) in [4.78, 5) is 11.8. The second kappa shape index (κ2) is 5.55. The lowest BCUT2D eigenvalue weighted by Gasteiger charge is -2.13. The van der Waals surface area contributed by atoms with Crippen molar-refractivity contribution >= 4 is 23.3 Å². The Morgan fingerprint density at radius 3 is 2.89 bits per heavy atom. The molecular weight excluding hydrogens is 252 g/mol. The number of hydrogen-bond acceptors (Lipinski definition) is 2. The number of urea groups is 1. The Balaban J connectivity index is 1.95. The monoisotopic (exact) mass is 264 g/mol. The van der Waals surface area contributed by atoms with Crippen LogP contribution in [0.5, 0.6) is 0 Å². The second-order valence-corrected chi connectivity index (χ2v) is 4.24. The third kappa shape index (κ3) is 3.01. The summed E-state index contributed by atoms with van der Waals surface area (Å²) in [6, 6.07) is 6.63. The van der Waals surface area contributed by atoms with Gasteiger partial charge in [-0.25, -0.2) is 4.79 Å². The molecule has 94 valence electrons. The molecule has 1 heterocycles. The van der Waals surface area contributed by atoms with E-state index in [1.165, 1.54) is 0 Å². The van der Waals surface area contributed by atoms with Gasteiger partial charge in [-0.3, -0.25) is 5.10 Å². The number of hydrogen-bond donors (Lipinski definition) is 3. The predicted octanol–water partition coefficient (Wildman–Crippen LogP) is 2.95. The van der Waals surface area contributed by atoms with E-state index in [1.54, 1.807) is 36.7 Å². The van der Waals surface area contributed by atoms with Crippen LogP contribution in [-0.2, 0) is 0 Å². The van der Waals surface area contributed by atoms with Crippen molar-refractivity contribution < 1.29 is 4.79 Å². The number of rotatable bonds is 3. The van der Waals surface area contributed by atoms with Crippen LogP contribution in [0.4, 0.5) is 10.5 Å². The van der Waals surface area contributed by atoms with Gasteiger partial charge in [-0.05, 0) is 19.1 Å². The Morgan fingerprint density at radius 2 is 2.22 bits per heavy atom. The standard InChI is InChI=1S/C12H13ClN4O/c1-8(9-6-14-15-7-9)16-12(18)17-11-5-3-2-4-10(11)13/h2-8H,1H3,(H,14,15)(H2,16,17,18). The number of para-hydroxylation sites is 1. The molecule has 1 aromatic heterocycles. The molecule has 0 aliphatic carbocycles. The largest absolute Gasteiger partial charge is 0.331 e. The van der Waals surface area contributed by atoms with Crippen LogP contribution in [0, 0.1) is 0 Å². The molecule has 2 amide bonds. The van der Waals surface area contributed by atoms with Crippen LogP contribution in [-0.4, -0.2) is 16.2 Å². The molecule has 1 atom stereocenters. The van der Waals surface area contributed by atoms with Crippen LogP contribution in [0.15, 0.2) is 36.7 Å². The van der Waals surface area contributed by atoms with Gasteiger partial charge in [0.05, 0.1) is 22.9 Å². The van der Waals surface area contributed by atoms with Gasteiger partial charge in [-0.2, -0.15) is 5.10 Å². The lowest BCUT2D eigenvalue weighted by Crippen LogP contribution is -2.31. The maximum atomic E-state index is 11.8. The molecule has 18 heavy (non-hydrogen) atoms. The molecule has 0 fully saturated rings. The van der Waals surface area contributed by atoms with Gasteiger partial charge in [0, 0.05) is 11.8 Å². The van der Waals surface area contributed by atoms with Gasteiger partial charge in [0.1, 0.15) is 0 Å². The molecule has 0 radical (unpaired) electrons. The fourth-order valence-electron chi connectivity index (χ4n) is 1.50. The summed E-state index contributed by atoms with van der Waals surface area (Å²) in [5, 5.41) is 12.5. The van der Waals surface area contributed by atoms with Crippen LogP contribution < -0.4 is 10.6 Å². The fraction of sp³-hybridized carbons (Fsp3) is 0.167. The van der Waals surface area contributed by atoms with E-state index in [4.69, 9.17) is 11.6 Å². The first-order valence-electron chi connectivity index (χ1n) is 5.47. The summed E-state index contributed by atoms with van der Waals surface area (Å²) in [7, 11) is 0. The van der Waals surface area contributed by atoms with E-state index in [2.05, 4.69) is 20.8 Å². The summed E-state index contributed by atoms with van der Waals surface area (Å²) < 4.78 is 0. The van der Waals surface area contributed by atoms with Crippen LogP contribution in [0.1, 0.15) is 18.5 Å². The minimum atomic E-state index is -0.309. The molecule has 0 saturated carbocycles. The lowest BCUT2D eigenvalue weighted by molar-refractivity contribution is 0.249. The Bertz CT molecular complexity index is 527. The van der Waals surface area contributed by atoms with Crippen molar-refractivity contribution in [2.75, 3.05) is 5.32 Å². The molecular formula is C12H13ClN4O. The van der Waals surface area contributed by atoms with Crippen LogP contribution >= 0.6 is 11.6 Å². The summed E-state index contributed by atoms with van der Waals surface area (Å²) in [5.41, 5.74) is 1.49. The smallest absolute Gasteiger partial charge is 0.319 e. The van der Waals surface area contributed by atoms with Crippen molar-refractivity contribution in [2.45, 2.75) is 13.0 Å². The van der Waals surface area contributed by atoms with Crippen molar-refractivity contribution in [1.29, 1.82) is 0 Å². The Hall–Kier alpha value is -2.01. The summed E-state index contributed by atoms with van der Waals surface area (Å²) in [6.45, 7) is 1.87. The number of aromatic nitrogens is 2. The molecule has 1 unspecified atom stereocenters. The SMILES string of the molecule is CC(NC(=O)Nc1ccccc1Cl)c1cn[nH]c1. The fourth-order valence-corrected chi connectivity index (χ4v) is 1.68. The third-order valence-corrected chi connectivity index (χ3v) is 2.82. The zero-order valence-corrected chi connectivity index (χ0v) is 10.5. The van der Waals surface area contributed by atoms with Crippen molar-refractivity contribution in [3.63, 3.8) is 0 Å². The zero-order chi connectivity index (χ0) is 13.0.